The molecule has 2 aromatic rings. The van der Waals surface area contributed by atoms with E-state index in [0.29, 0.717) is 0 Å². The van der Waals surface area contributed by atoms with Crippen LogP contribution in [0.2, 0.25) is 0 Å². The molecule has 1 unspecified atom stereocenters. The van der Waals surface area contributed by atoms with Crippen molar-refractivity contribution in [2.45, 2.75) is 59.0 Å². The van der Waals surface area contributed by atoms with Gasteiger partial charge in [-0.1, -0.05) is 6.92 Å². The van der Waals surface area contributed by atoms with Crippen LogP contribution in [0.5, 0.6) is 0 Å². The first-order valence-corrected chi connectivity index (χ1v) is 9.20. The molecule has 2 aromatic heterocycles. The van der Waals surface area contributed by atoms with E-state index in [4.69, 9.17) is 4.42 Å². The molecular weight excluding hydrogens is 326 g/mol. The molecule has 0 aliphatic heterocycles. The topological polar surface area (TPSA) is 71.0 Å². The molecule has 0 saturated carbocycles. The minimum atomic E-state index is -0.327. The van der Waals surface area contributed by atoms with Gasteiger partial charge in [0.05, 0.1) is 12.3 Å². The third kappa shape index (κ3) is 3.45. The maximum Gasteiger partial charge on any atom is 0.262 e. The molecule has 3 rings (SSSR count). The number of amides is 1. The number of rotatable bonds is 5. The number of nitriles is 1. The smallest absolute Gasteiger partial charge is 0.262 e. The zero-order chi connectivity index (χ0) is 18.7. The van der Waals surface area contributed by atoms with Crippen LogP contribution in [0, 0.1) is 25.2 Å². The normalized spacial score (nSPS) is 16.8. The summed E-state index contributed by atoms with van der Waals surface area (Å²) in [6.45, 7) is 7.15. The van der Waals surface area contributed by atoms with Crippen molar-refractivity contribution >= 4 is 12.0 Å². The Kier molecular flexibility index (Phi) is 5.32. The first-order chi connectivity index (χ1) is 12.5. The van der Waals surface area contributed by atoms with Crippen LogP contribution in [0.4, 0.5) is 0 Å². The highest BCUT2D eigenvalue weighted by molar-refractivity contribution is 6.02. The quantitative estimate of drug-likeness (QED) is 0.648. The molecule has 1 amide bonds. The Balaban J connectivity index is 1.82. The van der Waals surface area contributed by atoms with E-state index in [9.17, 15) is 10.1 Å². The molecule has 0 saturated heterocycles. The Morgan fingerprint density at radius 3 is 3.04 bits per heavy atom. The number of carbonyl (C=O) groups excluding carboxylic acids is 1. The van der Waals surface area contributed by atoms with Gasteiger partial charge in [-0.2, -0.15) is 5.26 Å². The number of nitrogens with one attached hydrogen (secondary N) is 1. The number of aryl methyl sites for hydroxylation is 2. The lowest BCUT2D eigenvalue weighted by Crippen LogP contribution is -2.31. The fourth-order valence-electron chi connectivity index (χ4n) is 3.72. The SMILES string of the molecule is CCCn1c(C)cc(/C=C(/C#N)C(=O)NC2CCCc3occc32)c1C. The summed E-state index contributed by atoms with van der Waals surface area (Å²) in [5.41, 5.74) is 4.32. The summed E-state index contributed by atoms with van der Waals surface area (Å²) in [6.07, 6.45) is 7.14. The van der Waals surface area contributed by atoms with Crippen LogP contribution in [-0.2, 0) is 17.8 Å². The molecule has 1 N–H and O–H groups in total. The molecule has 1 atom stereocenters. The standard InChI is InChI=1S/C21H25N3O2/c1-4-9-24-14(2)11-16(15(24)3)12-17(13-22)21(25)23-19-6-5-7-20-18(19)8-10-26-20/h8,10-12,19H,4-7,9H2,1-3H3,(H,23,25)/b17-12-. The van der Waals surface area contributed by atoms with E-state index in [1.54, 1.807) is 12.3 Å². The Morgan fingerprint density at radius 2 is 2.31 bits per heavy atom. The van der Waals surface area contributed by atoms with Crippen molar-refractivity contribution in [1.29, 1.82) is 5.26 Å². The summed E-state index contributed by atoms with van der Waals surface area (Å²) in [5.74, 6) is 0.610. The molecule has 1 aliphatic rings. The lowest BCUT2D eigenvalue weighted by atomic mass is 9.93. The highest BCUT2D eigenvalue weighted by atomic mass is 16.3. The zero-order valence-electron chi connectivity index (χ0n) is 15.6. The van der Waals surface area contributed by atoms with Gasteiger partial charge < -0.3 is 14.3 Å². The van der Waals surface area contributed by atoms with Crippen LogP contribution < -0.4 is 5.32 Å². The van der Waals surface area contributed by atoms with E-state index in [-0.39, 0.29) is 17.5 Å². The van der Waals surface area contributed by atoms with Crippen molar-refractivity contribution in [2.24, 2.45) is 0 Å². The number of nitrogens with zero attached hydrogens (tertiary/aromatic N) is 2. The molecule has 136 valence electrons. The average Bonchev–Trinajstić information content (AvgIpc) is 3.20. The van der Waals surface area contributed by atoms with Crippen molar-refractivity contribution in [3.63, 3.8) is 0 Å². The first-order valence-electron chi connectivity index (χ1n) is 9.20. The van der Waals surface area contributed by atoms with Gasteiger partial charge in [0.15, 0.2) is 0 Å². The first kappa shape index (κ1) is 18.1. The van der Waals surface area contributed by atoms with Crippen LogP contribution >= 0.6 is 0 Å². The number of hydrogen-bond donors (Lipinski definition) is 1. The summed E-state index contributed by atoms with van der Waals surface area (Å²) in [7, 11) is 0. The lowest BCUT2D eigenvalue weighted by molar-refractivity contribution is -0.117. The molecule has 0 fully saturated rings. The van der Waals surface area contributed by atoms with Gasteiger partial charge >= 0.3 is 0 Å². The molecule has 26 heavy (non-hydrogen) atoms. The molecule has 0 radical (unpaired) electrons. The molecule has 0 spiro atoms. The van der Waals surface area contributed by atoms with E-state index < -0.39 is 0 Å². The van der Waals surface area contributed by atoms with E-state index in [2.05, 4.69) is 29.8 Å². The molecule has 1 aliphatic carbocycles. The maximum atomic E-state index is 12.7. The van der Waals surface area contributed by atoms with Crippen LogP contribution in [-0.4, -0.2) is 10.5 Å². The number of fused-ring (bicyclic) bond motifs is 1. The van der Waals surface area contributed by atoms with Crippen molar-refractivity contribution in [1.82, 2.24) is 9.88 Å². The highest BCUT2D eigenvalue weighted by Gasteiger charge is 2.25. The van der Waals surface area contributed by atoms with E-state index >= 15 is 0 Å². The van der Waals surface area contributed by atoms with Crippen molar-refractivity contribution in [3.8, 4) is 6.07 Å². The van der Waals surface area contributed by atoms with Gasteiger partial charge in [-0.05, 0) is 56.9 Å². The monoisotopic (exact) mass is 351 g/mol. The molecule has 0 aromatic carbocycles. The highest BCUT2D eigenvalue weighted by Crippen LogP contribution is 2.30. The van der Waals surface area contributed by atoms with Gasteiger partial charge in [0.25, 0.3) is 5.91 Å². The fraction of sp³-hybridized carbons (Fsp3) is 0.429. The van der Waals surface area contributed by atoms with Gasteiger partial charge in [0.1, 0.15) is 17.4 Å². The number of furan rings is 1. The summed E-state index contributed by atoms with van der Waals surface area (Å²) in [4.78, 5) is 12.7. The van der Waals surface area contributed by atoms with Crippen LogP contribution in [0.1, 0.15) is 60.5 Å². The zero-order valence-corrected chi connectivity index (χ0v) is 15.6. The van der Waals surface area contributed by atoms with Gasteiger partial charge in [0, 0.05) is 29.9 Å². The van der Waals surface area contributed by atoms with Crippen molar-refractivity contribution in [3.05, 3.63) is 52.2 Å². The van der Waals surface area contributed by atoms with Crippen LogP contribution in [0.15, 0.2) is 28.4 Å². The third-order valence-corrected chi connectivity index (χ3v) is 5.08. The number of carbonyl (C=O) groups is 1. The maximum absolute atomic E-state index is 12.7. The molecule has 0 bridgehead atoms. The predicted molar refractivity (Wildman–Crippen MR) is 100 cm³/mol. The summed E-state index contributed by atoms with van der Waals surface area (Å²) in [5, 5.41) is 12.5. The van der Waals surface area contributed by atoms with Gasteiger partial charge in [-0.15, -0.1) is 0 Å². The molecule has 5 heteroatoms. The third-order valence-electron chi connectivity index (χ3n) is 5.08. The Labute approximate surface area is 154 Å². The molecule has 2 heterocycles. The fourth-order valence-corrected chi connectivity index (χ4v) is 3.72. The second-order valence-electron chi connectivity index (χ2n) is 6.87. The van der Waals surface area contributed by atoms with E-state index in [1.807, 2.05) is 19.1 Å². The Hall–Kier alpha value is -2.74. The largest absolute Gasteiger partial charge is 0.469 e. The van der Waals surface area contributed by atoms with Gasteiger partial charge in [0.2, 0.25) is 0 Å². The minimum absolute atomic E-state index is 0.0886. The molecule has 5 nitrogen and oxygen atoms in total. The summed E-state index contributed by atoms with van der Waals surface area (Å²) < 4.78 is 7.69. The Morgan fingerprint density at radius 1 is 1.50 bits per heavy atom. The van der Waals surface area contributed by atoms with Gasteiger partial charge in [-0.25, -0.2) is 0 Å². The van der Waals surface area contributed by atoms with Crippen molar-refractivity contribution in [2.75, 3.05) is 0 Å². The second kappa shape index (κ2) is 7.65. The molecular formula is C21H25N3O2. The van der Waals surface area contributed by atoms with E-state index in [1.165, 1.54) is 0 Å². The summed E-state index contributed by atoms with van der Waals surface area (Å²) >= 11 is 0. The second-order valence-corrected chi connectivity index (χ2v) is 6.87. The number of hydrogen-bond acceptors (Lipinski definition) is 3. The minimum Gasteiger partial charge on any atom is -0.469 e. The number of aromatic nitrogens is 1. The lowest BCUT2D eigenvalue weighted by Gasteiger charge is -2.22. The van der Waals surface area contributed by atoms with Crippen LogP contribution in [0.25, 0.3) is 6.08 Å². The van der Waals surface area contributed by atoms with Crippen LogP contribution in [0.3, 0.4) is 0 Å². The summed E-state index contributed by atoms with van der Waals surface area (Å²) in [6, 6.07) is 5.92. The average molecular weight is 351 g/mol. The van der Waals surface area contributed by atoms with Gasteiger partial charge in [-0.3, -0.25) is 4.79 Å². The predicted octanol–water partition coefficient (Wildman–Crippen LogP) is 4.21. The van der Waals surface area contributed by atoms with E-state index in [0.717, 1.165) is 60.5 Å². The Bertz CT molecular complexity index is 880. The van der Waals surface area contributed by atoms with Crippen molar-refractivity contribution < 1.29 is 9.21 Å².